The highest BCUT2D eigenvalue weighted by Gasteiger charge is 2.79. The molecule has 0 aromatic heterocycles. The molecule has 1 spiro atoms. The second kappa shape index (κ2) is 7.29. The molecule has 1 saturated carbocycles. The molecule has 3 aliphatic carbocycles. The first kappa shape index (κ1) is 21.4. The smallest absolute Gasteiger partial charge is 0.200 e. The molecule has 5 atom stereocenters. The number of Topliss-reactive ketones (excluding diaryl/α,β-unsaturated/α-hetero) is 2. The van der Waals surface area contributed by atoms with Crippen LogP contribution in [-0.2, 0) is 9.53 Å². The zero-order chi connectivity index (χ0) is 22.8. The van der Waals surface area contributed by atoms with E-state index in [0.29, 0.717) is 24.4 Å². The zero-order valence-electron chi connectivity index (χ0n) is 19.2. The maximum atomic E-state index is 14.0. The van der Waals surface area contributed by atoms with E-state index in [9.17, 15) is 14.7 Å². The van der Waals surface area contributed by atoms with Crippen molar-refractivity contribution in [1.29, 1.82) is 0 Å². The molecule has 1 N–H and O–H groups in total. The van der Waals surface area contributed by atoms with Crippen molar-refractivity contribution in [3.05, 3.63) is 47.1 Å². The largest absolute Gasteiger partial charge is 0.507 e. The number of hydrogen-bond donors (Lipinski definition) is 1. The number of phenolic OH excluding ortho intramolecular Hbond substituents is 1. The van der Waals surface area contributed by atoms with Crippen molar-refractivity contribution in [1.82, 2.24) is 4.90 Å². The third-order valence-electron chi connectivity index (χ3n) is 7.96. The lowest BCUT2D eigenvalue weighted by atomic mass is 9.49. The van der Waals surface area contributed by atoms with Crippen LogP contribution in [0.2, 0.25) is 0 Å². The van der Waals surface area contributed by atoms with Gasteiger partial charge in [-0.05, 0) is 45.0 Å². The molecule has 4 bridgehead atoms. The summed E-state index contributed by atoms with van der Waals surface area (Å²) < 4.78 is 13.1. The summed E-state index contributed by atoms with van der Waals surface area (Å²) in [5.41, 5.74) is -0.636. The number of fused-ring (bicyclic) bond motifs is 1. The van der Waals surface area contributed by atoms with Gasteiger partial charge in [0, 0.05) is 30.4 Å². The Bertz CT molecular complexity index is 1050. The lowest BCUT2D eigenvalue weighted by Crippen LogP contribution is -2.74. The van der Waals surface area contributed by atoms with E-state index in [0.717, 1.165) is 25.2 Å². The summed E-state index contributed by atoms with van der Waals surface area (Å²) >= 11 is 0. The second-order valence-electron chi connectivity index (χ2n) is 9.67. The molecule has 1 saturated heterocycles. The van der Waals surface area contributed by atoms with Gasteiger partial charge in [0.25, 0.3) is 0 Å². The minimum atomic E-state index is -1.22. The molecule has 0 amide bonds. The van der Waals surface area contributed by atoms with Gasteiger partial charge in [-0.3, -0.25) is 9.59 Å². The lowest BCUT2D eigenvalue weighted by Gasteiger charge is -2.58. The first-order chi connectivity index (χ1) is 15.3. The van der Waals surface area contributed by atoms with Crippen LogP contribution in [0.3, 0.4) is 0 Å². The van der Waals surface area contributed by atoms with Crippen molar-refractivity contribution in [3.63, 3.8) is 0 Å². The van der Waals surface area contributed by atoms with Gasteiger partial charge in [0.1, 0.15) is 17.1 Å². The minimum Gasteiger partial charge on any atom is -0.507 e. The number of ketones is 2. The molecule has 1 aromatic rings. The molecule has 170 valence electrons. The molecule has 2 fully saturated rings. The van der Waals surface area contributed by atoms with E-state index >= 15 is 0 Å². The van der Waals surface area contributed by atoms with Gasteiger partial charge in [-0.1, -0.05) is 37.6 Å². The number of benzene rings is 1. The van der Waals surface area contributed by atoms with E-state index < -0.39 is 17.1 Å². The van der Waals surface area contributed by atoms with Crippen molar-refractivity contribution in [3.8, 4) is 11.5 Å². The van der Waals surface area contributed by atoms with Crippen molar-refractivity contribution in [2.45, 2.75) is 45.3 Å². The Balaban J connectivity index is 1.72. The minimum absolute atomic E-state index is 0.0140. The van der Waals surface area contributed by atoms with Gasteiger partial charge < -0.3 is 19.5 Å². The Kier molecular flexibility index (Phi) is 4.88. The summed E-state index contributed by atoms with van der Waals surface area (Å²) in [6.07, 6.45) is 4.22. The van der Waals surface area contributed by atoms with Crippen LogP contribution < -0.4 is 4.74 Å². The van der Waals surface area contributed by atoms with E-state index in [-0.39, 0.29) is 34.7 Å². The molecule has 1 unspecified atom stereocenters. The highest BCUT2D eigenvalue weighted by Crippen LogP contribution is 2.65. The van der Waals surface area contributed by atoms with Gasteiger partial charge >= 0.3 is 0 Å². The third-order valence-corrected chi connectivity index (χ3v) is 7.96. The number of rotatable bonds is 6. The van der Waals surface area contributed by atoms with Crippen LogP contribution in [0.4, 0.5) is 0 Å². The molecule has 2 aliphatic heterocycles. The highest BCUT2D eigenvalue weighted by molar-refractivity contribution is 6.18. The average molecular weight is 438 g/mol. The van der Waals surface area contributed by atoms with Crippen molar-refractivity contribution in [2.75, 3.05) is 26.2 Å². The summed E-state index contributed by atoms with van der Waals surface area (Å²) in [7, 11) is 0. The molecular formula is C26H31NO5. The molecule has 0 radical (unpaired) electrons. The quantitative estimate of drug-likeness (QED) is 0.686. The number of nitrogens with zero attached hydrogens (tertiary/aromatic N) is 1. The first-order valence-corrected chi connectivity index (χ1v) is 11.6. The Hall–Kier alpha value is -2.44. The number of aromatic hydroxyl groups is 1. The van der Waals surface area contributed by atoms with Crippen LogP contribution in [-0.4, -0.2) is 59.0 Å². The predicted octanol–water partition coefficient (Wildman–Crippen LogP) is 3.54. The molecule has 1 aromatic carbocycles. The molecule has 2 heterocycles. The number of carbonyl (C=O) groups excluding carboxylic acids is 2. The molecule has 6 heteroatoms. The average Bonchev–Trinajstić information content (AvgIpc) is 3.05. The monoisotopic (exact) mass is 437 g/mol. The van der Waals surface area contributed by atoms with E-state index in [4.69, 9.17) is 9.47 Å². The topological polar surface area (TPSA) is 76.1 Å². The summed E-state index contributed by atoms with van der Waals surface area (Å²) in [5.74, 6) is -0.496. The fourth-order valence-corrected chi connectivity index (χ4v) is 6.35. The van der Waals surface area contributed by atoms with Crippen LogP contribution in [0, 0.1) is 17.8 Å². The van der Waals surface area contributed by atoms with E-state index in [1.807, 2.05) is 26.0 Å². The first-order valence-electron chi connectivity index (χ1n) is 11.6. The fourth-order valence-electron chi connectivity index (χ4n) is 6.35. The molecule has 32 heavy (non-hydrogen) atoms. The van der Waals surface area contributed by atoms with Crippen molar-refractivity contribution >= 4 is 11.6 Å². The van der Waals surface area contributed by atoms with Crippen LogP contribution >= 0.6 is 0 Å². The van der Waals surface area contributed by atoms with E-state index in [2.05, 4.69) is 18.7 Å². The number of carbonyl (C=O) groups is 2. The summed E-state index contributed by atoms with van der Waals surface area (Å²) in [6, 6.07) is 4.87. The maximum Gasteiger partial charge on any atom is 0.200 e. The van der Waals surface area contributed by atoms with Gasteiger partial charge in [-0.15, -0.1) is 0 Å². The fraction of sp³-hybridized carbons (Fsp3) is 0.538. The summed E-state index contributed by atoms with van der Waals surface area (Å²) in [5, 5.41) is 10.4. The Labute approximate surface area is 188 Å². The number of hydrogen-bond acceptors (Lipinski definition) is 6. The van der Waals surface area contributed by atoms with Crippen molar-refractivity contribution in [2.24, 2.45) is 17.8 Å². The Morgan fingerprint density at radius 3 is 2.69 bits per heavy atom. The van der Waals surface area contributed by atoms with E-state index in [1.165, 1.54) is 6.07 Å². The summed E-state index contributed by atoms with van der Waals surface area (Å²) in [6.45, 7) is 11.1. The standard InChI is InChI=1S/C26H31NO5/c1-5-27(6-2)13-17-16-12-18-23(29)22-20(28)8-7-9-21(22)32-26(18)19(17)14-31-25(26,24(16)30)11-10-15(3)4/h7-10,12,16-17,19,28H,5-6,11,13-14H2,1-4H3/t16-,17+,19-,25?,26-/m1/s1. The maximum absolute atomic E-state index is 14.0. The van der Waals surface area contributed by atoms with Gasteiger partial charge in [0.2, 0.25) is 0 Å². The lowest BCUT2D eigenvalue weighted by molar-refractivity contribution is -0.171. The molecular weight excluding hydrogens is 406 g/mol. The van der Waals surface area contributed by atoms with Gasteiger partial charge in [0.15, 0.2) is 22.8 Å². The van der Waals surface area contributed by atoms with Crippen LogP contribution in [0.1, 0.15) is 44.5 Å². The van der Waals surface area contributed by atoms with Crippen molar-refractivity contribution < 1.29 is 24.2 Å². The molecule has 5 aliphatic rings. The summed E-state index contributed by atoms with van der Waals surface area (Å²) in [4.78, 5) is 30.1. The van der Waals surface area contributed by atoms with Crippen LogP contribution in [0.15, 0.2) is 41.5 Å². The van der Waals surface area contributed by atoms with Gasteiger partial charge in [-0.2, -0.15) is 0 Å². The Morgan fingerprint density at radius 1 is 1.25 bits per heavy atom. The van der Waals surface area contributed by atoms with Crippen LogP contribution in [0.5, 0.6) is 11.5 Å². The highest BCUT2D eigenvalue weighted by atomic mass is 16.6. The molecule has 6 rings (SSSR count). The SMILES string of the molecule is CCN(CC)C[C@@H]1[C@H]2COC3(CC=C(C)C)C(=O)[C@@H]1C=C1C(=O)c4c(O)cccc4O[C@]123. The van der Waals surface area contributed by atoms with Gasteiger partial charge in [-0.25, -0.2) is 0 Å². The number of allylic oxidation sites excluding steroid dienone is 2. The number of ether oxygens (including phenoxy) is 2. The van der Waals surface area contributed by atoms with Gasteiger partial charge in [0.05, 0.1) is 6.61 Å². The predicted molar refractivity (Wildman–Crippen MR) is 120 cm³/mol. The van der Waals surface area contributed by atoms with Crippen LogP contribution in [0.25, 0.3) is 0 Å². The number of phenols is 1. The Morgan fingerprint density at radius 2 is 2.00 bits per heavy atom. The van der Waals surface area contributed by atoms with E-state index in [1.54, 1.807) is 12.1 Å². The second-order valence-corrected chi connectivity index (χ2v) is 9.67. The molecule has 6 nitrogen and oxygen atoms in total. The third kappa shape index (κ3) is 2.54. The normalized spacial score (nSPS) is 34.2. The zero-order valence-corrected chi connectivity index (χ0v) is 19.2.